The Bertz CT molecular complexity index is 983. The molecule has 2 aromatic carbocycles. The third-order valence-electron chi connectivity index (χ3n) is 4.48. The molecule has 0 heterocycles. The van der Waals surface area contributed by atoms with Crippen LogP contribution < -0.4 is 0 Å². The smallest absolute Gasteiger partial charge is 0.285 e. The number of benzene rings is 2. The Kier molecular flexibility index (Phi) is 11.1. The van der Waals surface area contributed by atoms with Crippen molar-refractivity contribution < 1.29 is 19.2 Å². The van der Waals surface area contributed by atoms with E-state index in [0.29, 0.717) is 30.7 Å². The summed E-state index contributed by atoms with van der Waals surface area (Å²) in [5, 5.41) is -0.758. The van der Waals surface area contributed by atoms with Crippen LogP contribution in [0.2, 0.25) is 0 Å². The Hall–Kier alpha value is -2.28. The van der Waals surface area contributed by atoms with Gasteiger partial charge in [0.1, 0.15) is 0 Å². The topological polar surface area (TPSA) is 81.2 Å². The highest BCUT2D eigenvalue weighted by molar-refractivity contribution is 8.15. The van der Waals surface area contributed by atoms with Crippen molar-refractivity contribution in [1.82, 2.24) is 19.6 Å². The Morgan fingerprint density at radius 3 is 0.806 bits per heavy atom. The van der Waals surface area contributed by atoms with Crippen molar-refractivity contribution in [2.45, 2.75) is 19.6 Å². The monoisotopic (exact) mass is 566 g/mol. The second-order valence-electron chi connectivity index (χ2n) is 8.31. The summed E-state index contributed by atoms with van der Waals surface area (Å²) < 4.78 is 0. The van der Waals surface area contributed by atoms with E-state index in [4.69, 9.17) is 0 Å². The van der Waals surface area contributed by atoms with Crippen LogP contribution in [0, 0.1) is 0 Å². The van der Waals surface area contributed by atoms with Crippen LogP contribution >= 0.6 is 47.0 Å². The third kappa shape index (κ3) is 7.86. The Labute approximate surface area is 229 Å². The number of rotatable bonds is 5. The Morgan fingerprint density at radius 2 is 0.639 bits per heavy atom. The molecule has 2 aromatic rings. The summed E-state index contributed by atoms with van der Waals surface area (Å²) in [5.74, 6) is 0. The van der Waals surface area contributed by atoms with Crippen molar-refractivity contribution in [3.63, 3.8) is 0 Å². The second-order valence-corrected chi connectivity index (χ2v) is 12.3. The van der Waals surface area contributed by atoms with Gasteiger partial charge in [0.15, 0.2) is 0 Å². The van der Waals surface area contributed by atoms with Crippen LogP contribution in [0.3, 0.4) is 0 Å². The normalized spacial score (nSPS) is 10.6. The molecule has 0 aromatic heterocycles. The Balaban J connectivity index is 2.88. The maximum atomic E-state index is 12.7. The molecular weight excluding hydrogens is 537 g/mol. The third-order valence-corrected chi connectivity index (χ3v) is 8.88. The van der Waals surface area contributed by atoms with Gasteiger partial charge in [-0.3, -0.25) is 19.2 Å². The maximum absolute atomic E-state index is 12.7. The predicted molar refractivity (Wildman–Crippen MR) is 152 cm³/mol. The lowest BCUT2D eigenvalue weighted by Crippen LogP contribution is -2.18. The van der Waals surface area contributed by atoms with E-state index in [2.05, 4.69) is 0 Å². The van der Waals surface area contributed by atoms with Gasteiger partial charge in [-0.25, -0.2) is 0 Å². The molecule has 0 N–H and O–H groups in total. The summed E-state index contributed by atoms with van der Waals surface area (Å²) in [5.41, 5.74) is 1.25. The number of carbonyl (C=O) groups is 4. The molecule has 36 heavy (non-hydrogen) atoms. The maximum Gasteiger partial charge on any atom is 0.285 e. The first kappa shape index (κ1) is 29.9. The molecule has 0 radical (unpaired) electrons. The highest BCUT2D eigenvalue weighted by Crippen LogP contribution is 2.48. The molecule has 0 unspecified atom stereocenters. The van der Waals surface area contributed by atoms with Crippen molar-refractivity contribution in [3.05, 3.63) is 36.4 Å². The zero-order valence-electron chi connectivity index (χ0n) is 21.5. The molecule has 0 aliphatic rings. The highest BCUT2D eigenvalue weighted by atomic mass is 32.2. The minimum absolute atomic E-state index is 0.189. The molecule has 194 valence electrons. The molecule has 12 heteroatoms. The van der Waals surface area contributed by atoms with Crippen LogP contribution in [0.1, 0.15) is 0 Å². The van der Waals surface area contributed by atoms with Crippen molar-refractivity contribution in [2.24, 2.45) is 0 Å². The van der Waals surface area contributed by atoms with E-state index in [1.807, 2.05) is 24.3 Å². The van der Waals surface area contributed by atoms with Crippen LogP contribution in [0.25, 0.3) is 11.1 Å². The molecule has 0 saturated heterocycles. The fraction of sp³-hybridized carbons (Fsp3) is 0.333. The van der Waals surface area contributed by atoms with Crippen LogP contribution in [-0.2, 0) is 0 Å². The van der Waals surface area contributed by atoms with E-state index in [-0.39, 0.29) is 21.0 Å². The van der Waals surface area contributed by atoms with Gasteiger partial charge in [-0.1, -0.05) is 12.1 Å². The molecule has 0 atom stereocenters. The zero-order chi connectivity index (χ0) is 27.2. The predicted octanol–water partition coefficient (Wildman–Crippen LogP) is 6.45. The summed E-state index contributed by atoms with van der Waals surface area (Å²) in [7, 11) is 13.3. The van der Waals surface area contributed by atoms with Gasteiger partial charge < -0.3 is 19.6 Å². The van der Waals surface area contributed by atoms with Gasteiger partial charge in [0, 0.05) is 87.1 Å². The van der Waals surface area contributed by atoms with E-state index in [1.165, 1.54) is 19.6 Å². The van der Waals surface area contributed by atoms with E-state index in [1.54, 1.807) is 68.5 Å². The number of hydrogen-bond acceptors (Lipinski definition) is 8. The zero-order valence-corrected chi connectivity index (χ0v) is 24.8. The lowest BCUT2D eigenvalue weighted by atomic mass is 10.1. The number of amides is 4. The van der Waals surface area contributed by atoms with Gasteiger partial charge in [-0.05, 0) is 71.3 Å². The van der Waals surface area contributed by atoms with Crippen molar-refractivity contribution in [1.29, 1.82) is 0 Å². The summed E-state index contributed by atoms with van der Waals surface area (Å²) >= 11 is 4.12. The molecule has 0 spiro atoms. The molecule has 8 nitrogen and oxygen atoms in total. The van der Waals surface area contributed by atoms with Crippen molar-refractivity contribution in [3.8, 4) is 11.1 Å². The number of hydrogen-bond donors (Lipinski definition) is 0. The molecule has 0 bridgehead atoms. The van der Waals surface area contributed by atoms with Crippen molar-refractivity contribution >= 4 is 68.0 Å². The van der Waals surface area contributed by atoms with Gasteiger partial charge in [-0.2, -0.15) is 0 Å². The fourth-order valence-electron chi connectivity index (χ4n) is 2.60. The molecular formula is C24H30N4O4S4. The lowest BCUT2D eigenvalue weighted by molar-refractivity contribution is 0.240. The summed E-state index contributed by atoms with van der Waals surface area (Å²) in [4.78, 5) is 59.2. The second kappa shape index (κ2) is 13.3. The average Bonchev–Trinajstić information content (AvgIpc) is 2.79. The van der Waals surface area contributed by atoms with Crippen LogP contribution in [0.5, 0.6) is 0 Å². The molecule has 4 amide bonds. The fourth-order valence-corrected chi connectivity index (χ4v) is 6.05. The van der Waals surface area contributed by atoms with Gasteiger partial charge in [0.25, 0.3) is 21.0 Å². The van der Waals surface area contributed by atoms with E-state index >= 15 is 0 Å². The van der Waals surface area contributed by atoms with Gasteiger partial charge in [0.05, 0.1) is 0 Å². The molecule has 0 aliphatic heterocycles. The largest absolute Gasteiger partial charge is 0.339 e. The first-order valence-corrected chi connectivity index (χ1v) is 13.9. The van der Waals surface area contributed by atoms with E-state index in [0.717, 1.165) is 47.0 Å². The minimum atomic E-state index is -0.189. The van der Waals surface area contributed by atoms with E-state index in [9.17, 15) is 19.2 Å². The van der Waals surface area contributed by atoms with Gasteiger partial charge in [0.2, 0.25) is 0 Å². The average molecular weight is 567 g/mol. The lowest BCUT2D eigenvalue weighted by Gasteiger charge is -2.22. The van der Waals surface area contributed by atoms with E-state index < -0.39 is 0 Å². The quantitative estimate of drug-likeness (QED) is 0.382. The minimum Gasteiger partial charge on any atom is -0.339 e. The number of thioether (sulfide) groups is 4. The molecule has 0 saturated carbocycles. The van der Waals surface area contributed by atoms with Crippen LogP contribution in [0.4, 0.5) is 19.2 Å². The molecule has 0 aliphatic carbocycles. The SMILES string of the molecule is CN(C)C(=O)Sc1cccc(SC(=O)N(C)C)c1-c1c(SC(=O)N(C)C)cccc1SC(=O)N(C)C. The molecule has 0 fully saturated rings. The number of carbonyl (C=O) groups excluding carboxylic acids is 4. The first-order chi connectivity index (χ1) is 16.8. The van der Waals surface area contributed by atoms with Gasteiger partial charge in [-0.15, -0.1) is 0 Å². The standard InChI is InChI=1S/C24H30N4O4S4/c1-25(2)21(29)33-15-11-9-12-16(34-22(30)26(3)4)19(15)20-17(35-23(31)27(5)6)13-10-14-18(20)36-24(32)28(7)8/h9-14H,1-8H3. The van der Waals surface area contributed by atoms with Crippen LogP contribution in [-0.4, -0.2) is 96.9 Å². The first-order valence-electron chi connectivity index (χ1n) is 10.7. The molecule has 2 rings (SSSR count). The summed E-state index contributed by atoms with van der Waals surface area (Å²) in [6.07, 6.45) is 0. The van der Waals surface area contributed by atoms with Crippen molar-refractivity contribution in [2.75, 3.05) is 56.4 Å². The Morgan fingerprint density at radius 1 is 0.444 bits per heavy atom. The summed E-state index contributed by atoms with van der Waals surface area (Å²) in [6, 6.07) is 10.8. The number of nitrogens with zero attached hydrogens (tertiary/aromatic N) is 4. The highest BCUT2D eigenvalue weighted by Gasteiger charge is 2.25. The van der Waals surface area contributed by atoms with Gasteiger partial charge >= 0.3 is 0 Å². The van der Waals surface area contributed by atoms with Crippen LogP contribution in [0.15, 0.2) is 56.0 Å². The summed E-state index contributed by atoms with van der Waals surface area (Å²) in [6.45, 7) is 0.